The standard InChI is InChI=1S/C27H32ClN3O5S/c1-27(2,37-18-20-9-6-5-7-10-20)24(26(35)30(3)4)29-23(33)17-22(32)25(34)31(36)16-8-11-19-12-14-21(28)15-13-19/h5-7,9-10,12-15,22,24,32,36H,16-18H2,1-4H3,(H,29,33)/t22-,24-/m0/s1. The number of hydroxylamine groups is 2. The number of amides is 3. The first kappa shape index (κ1) is 30.2. The molecule has 8 nitrogen and oxygen atoms in total. The number of nitrogens with zero attached hydrogens (tertiary/aromatic N) is 2. The summed E-state index contributed by atoms with van der Waals surface area (Å²) in [5.74, 6) is 3.90. The van der Waals surface area contributed by atoms with Crippen LogP contribution in [0.2, 0.25) is 5.02 Å². The number of thioether (sulfide) groups is 1. The largest absolute Gasteiger partial charge is 0.383 e. The van der Waals surface area contributed by atoms with E-state index in [-0.39, 0.29) is 17.5 Å². The minimum absolute atomic E-state index is 0.253. The summed E-state index contributed by atoms with van der Waals surface area (Å²) in [7, 11) is 3.18. The summed E-state index contributed by atoms with van der Waals surface area (Å²) >= 11 is 7.32. The Morgan fingerprint density at radius 1 is 1.05 bits per heavy atom. The molecular weight excluding hydrogens is 514 g/mol. The van der Waals surface area contributed by atoms with Gasteiger partial charge in [0.1, 0.15) is 18.7 Å². The second kappa shape index (κ2) is 14.1. The van der Waals surface area contributed by atoms with E-state index in [0.717, 1.165) is 5.56 Å². The molecule has 0 spiro atoms. The van der Waals surface area contributed by atoms with Gasteiger partial charge in [0.15, 0.2) is 0 Å². The van der Waals surface area contributed by atoms with Crippen molar-refractivity contribution in [2.75, 3.05) is 20.6 Å². The lowest BCUT2D eigenvalue weighted by Crippen LogP contribution is -2.56. The molecule has 198 valence electrons. The Hall–Kier alpha value is -3.03. The van der Waals surface area contributed by atoms with Crippen LogP contribution >= 0.6 is 23.4 Å². The van der Waals surface area contributed by atoms with Gasteiger partial charge in [0.05, 0.1) is 6.42 Å². The van der Waals surface area contributed by atoms with Crippen molar-refractivity contribution in [3.63, 3.8) is 0 Å². The van der Waals surface area contributed by atoms with Gasteiger partial charge in [-0.25, -0.2) is 5.06 Å². The van der Waals surface area contributed by atoms with Crippen LogP contribution in [0.3, 0.4) is 0 Å². The zero-order chi connectivity index (χ0) is 27.6. The molecule has 0 aromatic heterocycles. The van der Waals surface area contributed by atoms with Gasteiger partial charge in [0.2, 0.25) is 11.8 Å². The van der Waals surface area contributed by atoms with Crippen molar-refractivity contribution in [1.82, 2.24) is 15.3 Å². The molecule has 2 rings (SSSR count). The first-order valence-corrected chi connectivity index (χ1v) is 12.9. The molecule has 37 heavy (non-hydrogen) atoms. The highest BCUT2D eigenvalue weighted by molar-refractivity contribution is 7.99. The third kappa shape index (κ3) is 9.74. The van der Waals surface area contributed by atoms with E-state index >= 15 is 0 Å². The van der Waals surface area contributed by atoms with Crippen molar-refractivity contribution in [1.29, 1.82) is 0 Å². The molecule has 0 fully saturated rings. The van der Waals surface area contributed by atoms with Crippen LogP contribution in [0.1, 0.15) is 31.4 Å². The molecule has 0 saturated carbocycles. The minimum Gasteiger partial charge on any atom is -0.383 e. The van der Waals surface area contributed by atoms with Crippen LogP contribution in [0.15, 0.2) is 54.6 Å². The van der Waals surface area contributed by atoms with Crippen molar-refractivity contribution in [3.8, 4) is 11.8 Å². The van der Waals surface area contributed by atoms with E-state index in [1.165, 1.54) is 16.7 Å². The molecule has 0 aliphatic heterocycles. The number of carbonyl (C=O) groups is 3. The van der Waals surface area contributed by atoms with E-state index in [2.05, 4.69) is 17.2 Å². The number of halogens is 1. The molecule has 0 aliphatic rings. The summed E-state index contributed by atoms with van der Waals surface area (Å²) < 4.78 is -0.706. The summed E-state index contributed by atoms with van der Waals surface area (Å²) in [6.45, 7) is 3.33. The lowest BCUT2D eigenvalue weighted by molar-refractivity contribution is -0.173. The molecule has 0 unspecified atom stereocenters. The number of benzene rings is 2. The molecule has 0 heterocycles. The number of likely N-dealkylation sites (N-methyl/N-ethyl adjacent to an activating group) is 1. The summed E-state index contributed by atoms with van der Waals surface area (Å²) in [5, 5.41) is 23.7. The van der Waals surface area contributed by atoms with Gasteiger partial charge in [-0.2, -0.15) is 0 Å². The van der Waals surface area contributed by atoms with Crippen LogP contribution < -0.4 is 5.32 Å². The highest BCUT2D eigenvalue weighted by atomic mass is 35.5. The van der Waals surface area contributed by atoms with Gasteiger partial charge in [-0.05, 0) is 43.7 Å². The van der Waals surface area contributed by atoms with Crippen LogP contribution in [0.5, 0.6) is 0 Å². The van der Waals surface area contributed by atoms with Crippen LogP contribution in [-0.2, 0) is 20.1 Å². The van der Waals surface area contributed by atoms with Gasteiger partial charge >= 0.3 is 0 Å². The first-order chi connectivity index (χ1) is 17.4. The van der Waals surface area contributed by atoms with Crippen molar-refractivity contribution in [3.05, 3.63) is 70.7 Å². The molecule has 0 radical (unpaired) electrons. The lowest BCUT2D eigenvalue weighted by atomic mass is 10.0. The molecule has 0 saturated heterocycles. The number of hydrogen-bond acceptors (Lipinski definition) is 6. The normalized spacial score (nSPS) is 12.5. The fraction of sp³-hybridized carbons (Fsp3) is 0.370. The highest BCUT2D eigenvalue weighted by Gasteiger charge is 2.38. The molecule has 0 aliphatic carbocycles. The summed E-state index contributed by atoms with van der Waals surface area (Å²) in [4.78, 5) is 39.4. The summed E-state index contributed by atoms with van der Waals surface area (Å²) in [5.41, 5.74) is 1.71. The molecule has 2 atom stereocenters. The van der Waals surface area contributed by atoms with Crippen molar-refractivity contribution in [2.24, 2.45) is 0 Å². The number of hydrogen-bond donors (Lipinski definition) is 3. The molecule has 0 bridgehead atoms. The van der Waals surface area contributed by atoms with Gasteiger partial charge in [-0.3, -0.25) is 19.6 Å². The van der Waals surface area contributed by atoms with Gasteiger partial charge < -0.3 is 15.3 Å². The average Bonchev–Trinajstić information content (AvgIpc) is 2.86. The van der Waals surface area contributed by atoms with Gasteiger partial charge in [0, 0.05) is 35.2 Å². The third-order valence-corrected chi connectivity index (χ3v) is 7.08. The lowest BCUT2D eigenvalue weighted by Gasteiger charge is -2.35. The Labute approximate surface area is 226 Å². The number of rotatable bonds is 10. The maximum Gasteiger partial charge on any atom is 0.276 e. The Bertz CT molecular complexity index is 1130. The zero-order valence-electron chi connectivity index (χ0n) is 21.3. The second-order valence-electron chi connectivity index (χ2n) is 9.04. The van der Waals surface area contributed by atoms with Gasteiger partial charge in [0.25, 0.3) is 5.91 Å². The molecule has 10 heteroatoms. The van der Waals surface area contributed by atoms with E-state index in [4.69, 9.17) is 11.6 Å². The van der Waals surface area contributed by atoms with E-state index in [1.54, 1.807) is 38.4 Å². The topological polar surface area (TPSA) is 110 Å². The third-order valence-electron chi connectivity index (χ3n) is 5.37. The fourth-order valence-corrected chi connectivity index (χ4v) is 4.38. The van der Waals surface area contributed by atoms with Crippen LogP contribution in [0, 0.1) is 11.8 Å². The summed E-state index contributed by atoms with van der Waals surface area (Å²) in [6.07, 6.45) is -2.44. The average molecular weight is 546 g/mol. The van der Waals surface area contributed by atoms with Crippen LogP contribution in [0.4, 0.5) is 0 Å². The molecular formula is C27H32ClN3O5S. The molecule has 2 aromatic rings. The Morgan fingerprint density at radius 3 is 2.27 bits per heavy atom. The monoisotopic (exact) mass is 545 g/mol. The number of nitrogens with one attached hydrogen (secondary N) is 1. The zero-order valence-corrected chi connectivity index (χ0v) is 22.8. The predicted octanol–water partition coefficient (Wildman–Crippen LogP) is 2.95. The van der Waals surface area contributed by atoms with Gasteiger partial charge in [-0.1, -0.05) is 53.8 Å². The quantitative estimate of drug-likeness (QED) is 0.240. The van der Waals surface area contributed by atoms with E-state index < -0.39 is 35.1 Å². The Morgan fingerprint density at radius 2 is 1.68 bits per heavy atom. The van der Waals surface area contributed by atoms with E-state index in [1.807, 2.05) is 44.2 Å². The smallest absolute Gasteiger partial charge is 0.276 e. The number of aliphatic hydroxyl groups excluding tert-OH is 1. The number of aliphatic hydroxyl groups is 1. The van der Waals surface area contributed by atoms with E-state index in [9.17, 15) is 24.7 Å². The van der Waals surface area contributed by atoms with Crippen LogP contribution in [-0.4, -0.2) is 75.5 Å². The highest BCUT2D eigenvalue weighted by Crippen LogP contribution is 2.32. The minimum atomic E-state index is -1.81. The van der Waals surface area contributed by atoms with Crippen molar-refractivity contribution < 1.29 is 24.7 Å². The van der Waals surface area contributed by atoms with Crippen molar-refractivity contribution in [2.45, 2.75) is 42.9 Å². The van der Waals surface area contributed by atoms with Crippen LogP contribution in [0.25, 0.3) is 0 Å². The van der Waals surface area contributed by atoms with Gasteiger partial charge in [-0.15, -0.1) is 11.8 Å². The predicted molar refractivity (Wildman–Crippen MR) is 145 cm³/mol. The second-order valence-corrected chi connectivity index (χ2v) is 11.1. The SMILES string of the molecule is CN(C)C(=O)[C@H](NC(=O)C[C@H](O)C(=O)N(O)CC#Cc1ccc(Cl)cc1)C(C)(C)SCc1ccccc1. The maximum atomic E-state index is 12.9. The first-order valence-electron chi connectivity index (χ1n) is 11.5. The van der Waals surface area contributed by atoms with Crippen molar-refractivity contribution >= 4 is 41.1 Å². The molecule has 3 amide bonds. The summed E-state index contributed by atoms with van der Waals surface area (Å²) in [6, 6.07) is 15.5. The fourth-order valence-electron chi connectivity index (χ4n) is 3.20. The molecule has 2 aromatic carbocycles. The Balaban J connectivity index is 1.98. The maximum absolute atomic E-state index is 12.9. The number of carbonyl (C=O) groups excluding carboxylic acids is 3. The van der Waals surface area contributed by atoms with E-state index in [0.29, 0.717) is 16.3 Å². The molecule has 3 N–H and O–H groups in total. The Kier molecular flexibility index (Phi) is 11.5.